The van der Waals surface area contributed by atoms with Gasteiger partial charge < -0.3 is 15.2 Å². The van der Waals surface area contributed by atoms with Crippen molar-refractivity contribution in [3.05, 3.63) is 52.4 Å². The zero-order valence-corrected chi connectivity index (χ0v) is 20.6. The first-order valence-corrected chi connectivity index (χ1v) is 11.7. The molecule has 0 aliphatic rings. The van der Waals surface area contributed by atoms with Gasteiger partial charge in [0.2, 0.25) is 0 Å². The summed E-state index contributed by atoms with van der Waals surface area (Å²) in [7, 11) is -3.02. The third kappa shape index (κ3) is 8.33. The fourth-order valence-corrected chi connectivity index (χ4v) is 3.66. The number of aliphatic imine (C=N–C) groups is 1. The van der Waals surface area contributed by atoms with Crippen molar-refractivity contribution in [3.8, 4) is 0 Å². The van der Waals surface area contributed by atoms with Crippen LogP contribution in [-0.4, -0.2) is 32.3 Å². The van der Waals surface area contributed by atoms with E-state index in [9.17, 15) is 8.42 Å². The quantitative estimate of drug-likeness (QED) is 0.292. The van der Waals surface area contributed by atoms with Crippen LogP contribution in [0.4, 0.5) is 0 Å². The predicted octanol–water partition coefficient (Wildman–Crippen LogP) is 3.22. The van der Waals surface area contributed by atoms with Crippen LogP contribution in [0.3, 0.4) is 0 Å². The number of halogens is 1. The first-order valence-electron chi connectivity index (χ1n) is 9.60. The Kier molecular flexibility index (Phi) is 10.7. The van der Waals surface area contributed by atoms with Crippen molar-refractivity contribution < 1.29 is 12.9 Å². The van der Waals surface area contributed by atoms with E-state index in [-0.39, 0.29) is 29.7 Å². The van der Waals surface area contributed by atoms with Crippen LogP contribution < -0.4 is 10.6 Å². The van der Waals surface area contributed by atoms with E-state index in [0.717, 1.165) is 47.5 Å². The summed E-state index contributed by atoms with van der Waals surface area (Å²) in [5, 5.41) is 10.7. The third-order valence-electron chi connectivity index (χ3n) is 4.26. The van der Waals surface area contributed by atoms with E-state index in [1.165, 1.54) is 6.26 Å². The van der Waals surface area contributed by atoms with Crippen molar-refractivity contribution in [2.24, 2.45) is 4.99 Å². The van der Waals surface area contributed by atoms with Gasteiger partial charge in [0.1, 0.15) is 5.76 Å². The van der Waals surface area contributed by atoms with Gasteiger partial charge in [-0.3, -0.25) is 0 Å². The molecule has 0 saturated heterocycles. The summed E-state index contributed by atoms with van der Waals surface area (Å²) in [6, 6.07) is 7.50. The highest BCUT2D eigenvalue weighted by Gasteiger charge is 2.13. The molecule has 162 valence electrons. The maximum atomic E-state index is 11.4. The zero-order valence-electron chi connectivity index (χ0n) is 17.5. The highest BCUT2D eigenvalue weighted by atomic mass is 127. The first kappa shape index (κ1) is 25.4. The maximum absolute atomic E-state index is 11.4. The standard InChI is InChI=1S/C20H30N4O3S.HI/c1-5-18-17(19(6-2)27-24-18)13-23-20(21-7-3)22-12-15-8-10-16(11-9-15)14-28(4,25)26;/h8-11H,5-7,12-14H2,1-4H3,(H2,21,22,23);1H. The molecule has 2 rings (SSSR count). The van der Waals surface area contributed by atoms with E-state index in [2.05, 4.69) is 34.6 Å². The number of hydrogen-bond donors (Lipinski definition) is 2. The molecule has 2 N–H and O–H groups in total. The lowest BCUT2D eigenvalue weighted by Crippen LogP contribution is -2.37. The molecule has 0 saturated carbocycles. The average Bonchev–Trinajstić information content (AvgIpc) is 3.06. The molecule has 0 aliphatic carbocycles. The Hall–Kier alpha value is -1.62. The summed E-state index contributed by atoms with van der Waals surface area (Å²) in [6.45, 7) is 7.99. The zero-order chi connectivity index (χ0) is 20.6. The van der Waals surface area contributed by atoms with Crippen LogP contribution >= 0.6 is 24.0 Å². The molecule has 0 bridgehead atoms. The lowest BCUT2D eigenvalue weighted by molar-refractivity contribution is 0.380. The molecular weight excluding hydrogens is 503 g/mol. The Bertz CT molecular complexity index is 871. The molecule has 0 atom stereocenters. The topological polar surface area (TPSA) is 96.6 Å². The van der Waals surface area contributed by atoms with Crippen molar-refractivity contribution in [1.29, 1.82) is 0 Å². The Morgan fingerprint density at radius 1 is 1.07 bits per heavy atom. The summed E-state index contributed by atoms with van der Waals surface area (Å²) in [4.78, 5) is 4.62. The first-order chi connectivity index (χ1) is 13.4. The molecule has 1 aromatic carbocycles. The normalized spacial score (nSPS) is 11.8. The summed E-state index contributed by atoms with van der Waals surface area (Å²) >= 11 is 0. The van der Waals surface area contributed by atoms with Gasteiger partial charge in [0.15, 0.2) is 15.8 Å². The Labute approximate surface area is 190 Å². The van der Waals surface area contributed by atoms with Crippen molar-refractivity contribution >= 4 is 39.8 Å². The minimum Gasteiger partial charge on any atom is -0.361 e. The van der Waals surface area contributed by atoms with Gasteiger partial charge in [0.25, 0.3) is 0 Å². The number of sulfone groups is 1. The average molecular weight is 534 g/mol. The predicted molar refractivity (Wildman–Crippen MR) is 127 cm³/mol. The van der Waals surface area contributed by atoms with Crippen LogP contribution in [0.5, 0.6) is 0 Å². The van der Waals surface area contributed by atoms with E-state index < -0.39 is 9.84 Å². The van der Waals surface area contributed by atoms with Gasteiger partial charge in [0.05, 0.1) is 18.0 Å². The van der Waals surface area contributed by atoms with Crippen LogP contribution in [0.2, 0.25) is 0 Å². The second kappa shape index (κ2) is 12.2. The fraction of sp³-hybridized carbons (Fsp3) is 0.500. The van der Waals surface area contributed by atoms with Crippen molar-refractivity contribution in [1.82, 2.24) is 15.8 Å². The number of guanidine groups is 1. The van der Waals surface area contributed by atoms with Gasteiger partial charge >= 0.3 is 0 Å². The third-order valence-corrected chi connectivity index (χ3v) is 5.11. The van der Waals surface area contributed by atoms with Crippen LogP contribution in [0.1, 0.15) is 48.9 Å². The summed E-state index contributed by atoms with van der Waals surface area (Å²) < 4.78 is 28.2. The molecule has 0 unspecified atom stereocenters. The van der Waals surface area contributed by atoms with E-state index >= 15 is 0 Å². The van der Waals surface area contributed by atoms with E-state index in [0.29, 0.717) is 19.0 Å². The van der Waals surface area contributed by atoms with E-state index in [1.807, 2.05) is 31.2 Å². The van der Waals surface area contributed by atoms with Crippen LogP contribution in [-0.2, 0) is 41.5 Å². The highest BCUT2D eigenvalue weighted by Crippen LogP contribution is 2.15. The number of nitrogens with zero attached hydrogens (tertiary/aromatic N) is 2. The van der Waals surface area contributed by atoms with Crippen molar-refractivity contribution in [2.75, 3.05) is 12.8 Å². The van der Waals surface area contributed by atoms with Gasteiger partial charge in [-0.05, 0) is 24.5 Å². The van der Waals surface area contributed by atoms with E-state index in [4.69, 9.17) is 4.52 Å². The second-order valence-corrected chi connectivity index (χ2v) is 8.81. The summed E-state index contributed by atoms with van der Waals surface area (Å²) in [5.41, 5.74) is 3.87. The molecule has 2 aromatic rings. The highest BCUT2D eigenvalue weighted by molar-refractivity contribution is 14.0. The number of aromatic nitrogens is 1. The van der Waals surface area contributed by atoms with Crippen molar-refractivity contribution in [3.63, 3.8) is 0 Å². The SMILES string of the molecule is CCNC(=NCc1ccc(CS(C)(=O)=O)cc1)NCc1c(CC)noc1CC.I. The Morgan fingerprint density at radius 3 is 2.28 bits per heavy atom. The van der Waals surface area contributed by atoms with E-state index in [1.54, 1.807) is 0 Å². The molecule has 7 nitrogen and oxygen atoms in total. The smallest absolute Gasteiger partial charge is 0.191 e. The number of hydrogen-bond acceptors (Lipinski definition) is 5. The summed E-state index contributed by atoms with van der Waals surface area (Å²) in [5.74, 6) is 1.67. The molecule has 0 fully saturated rings. The van der Waals surface area contributed by atoms with Gasteiger partial charge in [-0.25, -0.2) is 13.4 Å². The molecule has 0 spiro atoms. The maximum Gasteiger partial charge on any atom is 0.191 e. The number of aryl methyl sites for hydroxylation is 2. The second-order valence-electron chi connectivity index (χ2n) is 6.67. The van der Waals surface area contributed by atoms with Crippen molar-refractivity contribution in [2.45, 2.75) is 52.5 Å². The fourth-order valence-electron chi connectivity index (χ4n) is 2.87. The molecule has 1 heterocycles. The molecule has 29 heavy (non-hydrogen) atoms. The van der Waals surface area contributed by atoms with Gasteiger partial charge in [-0.15, -0.1) is 24.0 Å². The minimum atomic E-state index is -3.02. The van der Waals surface area contributed by atoms with Crippen LogP contribution in [0, 0.1) is 0 Å². The lowest BCUT2D eigenvalue weighted by atomic mass is 10.1. The van der Waals surface area contributed by atoms with Gasteiger partial charge in [-0.1, -0.05) is 43.3 Å². The number of rotatable bonds is 9. The molecule has 9 heteroatoms. The molecule has 1 aromatic heterocycles. The molecule has 0 aliphatic heterocycles. The lowest BCUT2D eigenvalue weighted by Gasteiger charge is -2.12. The largest absolute Gasteiger partial charge is 0.361 e. The monoisotopic (exact) mass is 534 g/mol. The number of nitrogens with one attached hydrogen (secondary N) is 2. The molecular formula is C20H31IN4O3S. The van der Waals surface area contributed by atoms with Crippen LogP contribution in [0.15, 0.2) is 33.8 Å². The molecule has 0 amide bonds. The minimum absolute atomic E-state index is 0. The Morgan fingerprint density at radius 2 is 1.72 bits per heavy atom. The summed E-state index contributed by atoms with van der Waals surface area (Å²) in [6.07, 6.45) is 2.87. The number of benzene rings is 1. The van der Waals surface area contributed by atoms with Crippen LogP contribution in [0.25, 0.3) is 0 Å². The van der Waals surface area contributed by atoms with Gasteiger partial charge in [0, 0.05) is 31.3 Å². The Balaban J connectivity index is 0.00000420. The molecule has 0 radical (unpaired) electrons. The van der Waals surface area contributed by atoms with Gasteiger partial charge in [-0.2, -0.15) is 0 Å².